The zero-order valence-corrected chi connectivity index (χ0v) is 28.3. The smallest absolute Gasteiger partial charge is 0.143 e. The van der Waals surface area contributed by atoms with Crippen molar-refractivity contribution in [3.05, 3.63) is 95.6 Å². The molecule has 0 N–H and O–H groups in total. The molecule has 3 rings (SSSR count). The lowest BCUT2D eigenvalue weighted by molar-refractivity contribution is -0.0369. The molecule has 3 aromatic carbocycles. The van der Waals surface area contributed by atoms with E-state index in [1.54, 1.807) is 14.2 Å². The zero-order valence-electron chi connectivity index (χ0n) is 27.4. The second-order valence-corrected chi connectivity index (χ2v) is 11.5. The van der Waals surface area contributed by atoms with Crippen LogP contribution in [0.5, 0.6) is 11.5 Å². The van der Waals surface area contributed by atoms with Crippen molar-refractivity contribution in [1.82, 2.24) is 0 Å². The van der Waals surface area contributed by atoms with Crippen LogP contribution in [0.4, 0.5) is 0 Å². The van der Waals surface area contributed by atoms with Crippen LogP contribution >= 0.6 is 12.6 Å². The van der Waals surface area contributed by atoms with E-state index in [2.05, 4.69) is 49.0 Å². The van der Waals surface area contributed by atoms with Crippen molar-refractivity contribution in [1.29, 1.82) is 0 Å². The quantitative estimate of drug-likeness (QED) is 0.0541. The molecule has 0 saturated heterocycles. The number of hydrogen-bond acceptors (Lipinski definition) is 7. The van der Waals surface area contributed by atoms with E-state index in [0.29, 0.717) is 39.6 Å². The van der Waals surface area contributed by atoms with Crippen molar-refractivity contribution in [3.8, 4) is 11.5 Å². The van der Waals surface area contributed by atoms with E-state index in [9.17, 15) is 0 Å². The van der Waals surface area contributed by atoms with Gasteiger partial charge in [-0.3, -0.25) is 0 Å². The molecule has 0 aliphatic rings. The van der Waals surface area contributed by atoms with Crippen molar-refractivity contribution in [2.24, 2.45) is 0 Å². The molecule has 0 spiro atoms. The molecule has 3 aromatic rings. The first-order valence-electron chi connectivity index (χ1n) is 16.6. The largest absolute Gasteiger partial charge is 0.497 e. The molecule has 7 heteroatoms. The van der Waals surface area contributed by atoms with Crippen LogP contribution in [-0.2, 0) is 24.5 Å². The minimum absolute atomic E-state index is 0.395. The summed E-state index contributed by atoms with van der Waals surface area (Å²) in [6.45, 7) is 3.88. The number of hydrogen-bond donors (Lipinski definition) is 1. The summed E-state index contributed by atoms with van der Waals surface area (Å²) in [6, 6.07) is 26.4. The van der Waals surface area contributed by atoms with Crippen molar-refractivity contribution < 1.29 is 28.4 Å². The summed E-state index contributed by atoms with van der Waals surface area (Å²) in [6.07, 6.45) is 11.7. The molecule has 0 bridgehead atoms. The van der Waals surface area contributed by atoms with E-state index in [1.807, 2.05) is 42.5 Å². The van der Waals surface area contributed by atoms with Crippen LogP contribution in [0.3, 0.4) is 0 Å². The van der Waals surface area contributed by atoms with Gasteiger partial charge in [-0.15, -0.1) is 0 Å². The number of rotatable bonds is 26. The van der Waals surface area contributed by atoms with Gasteiger partial charge in [0.15, 0.2) is 0 Å². The van der Waals surface area contributed by atoms with Gasteiger partial charge in [0.25, 0.3) is 0 Å². The molecule has 0 aliphatic heterocycles. The van der Waals surface area contributed by atoms with Gasteiger partial charge in [-0.1, -0.05) is 99.5 Å². The molecular formula is C38H54O6S. The third-order valence-corrected chi connectivity index (χ3v) is 8.23. The highest BCUT2D eigenvalue weighted by molar-refractivity contribution is 7.80. The van der Waals surface area contributed by atoms with Crippen molar-refractivity contribution >= 4 is 12.6 Å². The topological polar surface area (TPSA) is 55.4 Å². The van der Waals surface area contributed by atoms with Gasteiger partial charge in [0.2, 0.25) is 0 Å². The Morgan fingerprint density at radius 1 is 0.444 bits per heavy atom. The average Bonchev–Trinajstić information content (AvgIpc) is 3.10. The third-order valence-electron chi connectivity index (χ3n) is 7.91. The average molecular weight is 639 g/mol. The molecule has 0 heterocycles. The predicted octanol–water partition coefficient (Wildman–Crippen LogP) is 8.50. The second kappa shape index (κ2) is 22.9. The standard InChI is InChI=1S/C38H54O6S/c1-39-36-21-17-34(18-22-36)38(33-15-11-10-12-16-33,35-19-23-37(40-2)24-20-35)44-31-30-43-29-28-42-27-26-41-25-13-8-6-4-3-5-7-9-14-32-45/h10-12,15-24,45H,3-9,13-14,25-32H2,1-2H3. The van der Waals surface area contributed by atoms with Crippen LogP contribution in [0.25, 0.3) is 0 Å². The lowest BCUT2D eigenvalue weighted by Crippen LogP contribution is -2.34. The Bertz CT molecular complexity index is 1080. The summed E-state index contributed by atoms with van der Waals surface area (Å²) >= 11 is 4.27. The van der Waals surface area contributed by atoms with Crippen molar-refractivity contribution in [3.63, 3.8) is 0 Å². The fourth-order valence-electron chi connectivity index (χ4n) is 5.42. The predicted molar refractivity (Wildman–Crippen MR) is 186 cm³/mol. The minimum atomic E-state index is -0.844. The Kier molecular flexibility index (Phi) is 18.8. The molecule has 0 fully saturated rings. The van der Waals surface area contributed by atoms with E-state index < -0.39 is 5.60 Å². The molecule has 45 heavy (non-hydrogen) atoms. The van der Waals surface area contributed by atoms with Gasteiger partial charge in [0.1, 0.15) is 17.1 Å². The summed E-state index contributed by atoms with van der Waals surface area (Å²) in [7, 11) is 3.34. The Morgan fingerprint density at radius 2 is 0.844 bits per heavy atom. The maximum atomic E-state index is 6.80. The number of thiol groups is 1. The van der Waals surface area contributed by atoms with Crippen LogP contribution in [0.1, 0.15) is 74.5 Å². The van der Waals surface area contributed by atoms with Crippen molar-refractivity contribution in [2.45, 2.75) is 63.4 Å². The lowest BCUT2D eigenvalue weighted by Gasteiger charge is -2.36. The van der Waals surface area contributed by atoms with Crippen LogP contribution in [0, 0.1) is 0 Å². The lowest BCUT2D eigenvalue weighted by atomic mass is 9.80. The Morgan fingerprint density at radius 3 is 1.31 bits per heavy atom. The fourth-order valence-corrected chi connectivity index (χ4v) is 5.65. The van der Waals surface area contributed by atoms with Gasteiger partial charge < -0.3 is 28.4 Å². The molecule has 248 valence electrons. The molecule has 0 unspecified atom stereocenters. The first kappa shape index (κ1) is 36.9. The Labute approximate surface area is 277 Å². The Balaban J connectivity index is 1.39. The number of ether oxygens (including phenoxy) is 6. The number of methoxy groups -OCH3 is 2. The summed E-state index contributed by atoms with van der Waals surface area (Å²) in [5.74, 6) is 2.60. The van der Waals surface area contributed by atoms with E-state index in [0.717, 1.165) is 47.0 Å². The SMILES string of the molecule is COc1ccc(C(OCCOCCOCCOCCCCCCCCCCCS)(c2ccccc2)c2ccc(OC)cc2)cc1. The molecular weight excluding hydrogens is 584 g/mol. The fraction of sp³-hybridized carbons (Fsp3) is 0.526. The summed E-state index contributed by atoms with van der Waals surface area (Å²) in [4.78, 5) is 0. The number of unbranched alkanes of at least 4 members (excludes halogenated alkanes) is 8. The van der Waals surface area contributed by atoms with E-state index >= 15 is 0 Å². The Hall–Kier alpha value is -2.55. The van der Waals surface area contributed by atoms with E-state index in [4.69, 9.17) is 28.4 Å². The molecule has 0 aromatic heterocycles. The van der Waals surface area contributed by atoms with Crippen LogP contribution in [-0.4, -0.2) is 66.2 Å². The molecule has 6 nitrogen and oxygen atoms in total. The van der Waals surface area contributed by atoms with E-state index in [1.165, 1.54) is 51.4 Å². The van der Waals surface area contributed by atoms with Gasteiger partial charge in [0, 0.05) is 6.61 Å². The highest BCUT2D eigenvalue weighted by Crippen LogP contribution is 2.41. The molecule has 0 amide bonds. The van der Waals surface area contributed by atoms with Gasteiger partial charge in [-0.2, -0.15) is 12.6 Å². The first-order chi connectivity index (χ1) is 22.2. The molecule has 0 radical (unpaired) electrons. The van der Waals surface area contributed by atoms with E-state index in [-0.39, 0.29) is 0 Å². The third kappa shape index (κ3) is 13.0. The second-order valence-electron chi connectivity index (χ2n) is 11.1. The van der Waals surface area contributed by atoms with Gasteiger partial charge in [-0.05, 0) is 59.6 Å². The monoisotopic (exact) mass is 638 g/mol. The molecule has 0 aliphatic carbocycles. The van der Waals surface area contributed by atoms with Crippen molar-refractivity contribution in [2.75, 3.05) is 66.2 Å². The highest BCUT2D eigenvalue weighted by Gasteiger charge is 2.37. The van der Waals surface area contributed by atoms with Gasteiger partial charge in [0.05, 0.1) is 53.9 Å². The summed E-state index contributed by atoms with van der Waals surface area (Å²) in [5, 5.41) is 0. The zero-order chi connectivity index (χ0) is 31.8. The number of benzene rings is 3. The maximum absolute atomic E-state index is 6.80. The van der Waals surface area contributed by atoms with Gasteiger partial charge >= 0.3 is 0 Å². The van der Waals surface area contributed by atoms with Gasteiger partial charge in [-0.25, -0.2) is 0 Å². The minimum Gasteiger partial charge on any atom is -0.497 e. The first-order valence-corrected chi connectivity index (χ1v) is 17.2. The highest BCUT2D eigenvalue weighted by atomic mass is 32.1. The maximum Gasteiger partial charge on any atom is 0.143 e. The summed E-state index contributed by atoms with van der Waals surface area (Å²) < 4.78 is 35.0. The molecule has 0 saturated carbocycles. The summed E-state index contributed by atoms with van der Waals surface area (Å²) in [5.41, 5.74) is 2.18. The normalized spacial score (nSPS) is 11.5. The van der Waals surface area contributed by atoms with Crippen LogP contribution in [0.2, 0.25) is 0 Å². The van der Waals surface area contributed by atoms with Crippen LogP contribution < -0.4 is 9.47 Å². The van der Waals surface area contributed by atoms with Crippen LogP contribution in [0.15, 0.2) is 78.9 Å². The molecule has 0 atom stereocenters.